The Bertz CT molecular complexity index is 260. The van der Waals surface area contributed by atoms with Gasteiger partial charge in [0.25, 0.3) is 0 Å². The second-order valence-electron chi connectivity index (χ2n) is 7.65. The summed E-state index contributed by atoms with van der Waals surface area (Å²) in [5, 5.41) is 7.33. The van der Waals surface area contributed by atoms with Gasteiger partial charge in [0.05, 0.1) is 0 Å². The van der Waals surface area contributed by atoms with Crippen LogP contribution in [0.15, 0.2) is 0 Å². The van der Waals surface area contributed by atoms with E-state index in [1.807, 2.05) is 0 Å². The molecule has 1 atom stereocenters. The molecule has 1 saturated heterocycles. The normalized spacial score (nSPS) is 27.5. The van der Waals surface area contributed by atoms with E-state index >= 15 is 0 Å². The highest BCUT2D eigenvalue weighted by molar-refractivity contribution is 4.97. The van der Waals surface area contributed by atoms with Crippen LogP contribution in [-0.4, -0.2) is 26.2 Å². The van der Waals surface area contributed by atoms with Crippen molar-refractivity contribution in [3.63, 3.8) is 0 Å². The molecule has 1 aliphatic heterocycles. The van der Waals surface area contributed by atoms with Gasteiger partial charge < -0.3 is 10.6 Å². The van der Waals surface area contributed by atoms with Gasteiger partial charge >= 0.3 is 0 Å². The minimum absolute atomic E-state index is 0.431. The van der Waals surface area contributed by atoms with Gasteiger partial charge in [0.15, 0.2) is 0 Å². The van der Waals surface area contributed by atoms with Gasteiger partial charge in [-0.25, -0.2) is 0 Å². The van der Waals surface area contributed by atoms with Crippen LogP contribution >= 0.6 is 0 Å². The Morgan fingerprint density at radius 3 is 2.56 bits per heavy atom. The van der Waals surface area contributed by atoms with Gasteiger partial charge in [0.2, 0.25) is 0 Å². The minimum Gasteiger partial charge on any atom is -0.316 e. The molecule has 106 valence electrons. The summed E-state index contributed by atoms with van der Waals surface area (Å²) in [6.45, 7) is 14.5. The molecule has 1 unspecified atom stereocenters. The predicted octanol–water partition coefficient (Wildman–Crippen LogP) is 3.04. The van der Waals surface area contributed by atoms with Crippen molar-refractivity contribution < 1.29 is 0 Å². The van der Waals surface area contributed by atoms with E-state index in [1.54, 1.807) is 0 Å². The molecule has 2 heteroatoms. The van der Waals surface area contributed by atoms with Crippen LogP contribution in [0, 0.1) is 22.7 Å². The van der Waals surface area contributed by atoms with E-state index in [9.17, 15) is 0 Å². The van der Waals surface area contributed by atoms with Crippen LogP contribution in [0.4, 0.5) is 0 Å². The quantitative estimate of drug-likeness (QED) is 0.759. The maximum Gasteiger partial charge on any atom is 0.00105 e. The Balaban J connectivity index is 1.74. The fraction of sp³-hybridized carbons (Fsp3) is 1.00. The lowest BCUT2D eigenvalue weighted by Gasteiger charge is -2.38. The largest absolute Gasteiger partial charge is 0.316 e. The van der Waals surface area contributed by atoms with E-state index in [2.05, 4.69) is 38.3 Å². The van der Waals surface area contributed by atoms with E-state index in [0.717, 1.165) is 11.8 Å². The molecular formula is C16H32N2. The minimum atomic E-state index is 0.431. The van der Waals surface area contributed by atoms with Crippen LogP contribution in [-0.2, 0) is 0 Å². The highest BCUT2D eigenvalue weighted by Crippen LogP contribution is 2.51. The van der Waals surface area contributed by atoms with Crippen molar-refractivity contribution in [2.75, 3.05) is 26.2 Å². The van der Waals surface area contributed by atoms with Crippen molar-refractivity contribution in [3.8, 4) is 0 Å². The van der Waals surface area contributed by atoms with Crippen LogP contribution in [0.3, 0.4) is 0 Å². The first-order valence-electron chi connectivity index (χ1n) is 7.88. The maximum absolute atomic E-state index is 3.78. The van der Waals surface area contributed by atoms with Gasteiger partial charge in [-0.15, -0.1) is 0 Å². The Kier molecular flexibility index (Phi) is 4.38. The second kappa shape index (κ2) is 5.50. The smallest absolute Gasteiger partial charge is 0.00105 e. The van der Waals surface area contributed by atoms with Crippen molar-refractivity contribution in [1.82, 2.24) is 10.6 Å². The summed E-state index contributed by atoms with van der Waals surface area (Å²) in [5.41, 5.74) is 1.07. The zero-order valence-electron chi connectivity index (χ0n) is 12.8. The van der Waals surface area contributed by atoms with Gasteiger partial charge in [0.1, 0.15) is 0 Å². The summed E-state index contributed by atoms with van der Waals surface area (Å²) >= 11 is 0. The molecule has 0 aromatic rings. The molecule has 2 nitrogen and oxygen atoms in total. The molecule has 2 N–H and O–H groups in total. The summed E-state index contributed by atoms with van der Waals surface area (Å²) in [4.78, 5) is 0. The molecule has 0 aromatic carbocycles. The van der Waals surface area contributed by atoms with E-state index in [0.29, 0.717) is 10.8 Å². The molecule has 1 aliphatic carbocycles. The van der Waals surface area contributed by atoms with Crippen molar-refractivity contribution in [1.29, 1.82) is 0 Å². The first-order chi connectivity index (χ1) is 8.46. The van der Waals surface area contributed by atoms with Crippen LogP contribution in [0.25, 0.3) is 0 Å². The Morgan fingerprint density at radius 1 is 1.33 bits per heavy atom. The summed E-state index contributed by atoms with van der Waals surface area (Å²) in [5.74, 6) is 1.68. The molecule has 0 amide bonds. The Morgan fingerprint density at radius 2 is 2.06 bits per heavy atom. The molecule has 0 bridgehead atoms. The predicted molar refractivity (Wildman–Crippen MR) is 78.7 cm³/mol. The highest BCUT2D eigenvalue weighted by Gasteiger charge is 2.45. The molecule has 0 radical (unpaired) electrons. The molecule has 2 rings (SSSR count). The SMILES string of the molecule is CC(C)C1(CNCC(C)(C)C2CCCNC2)CC1. The fourth-order valence-electron chi connectivity index (χ4n) is 3.42. The van der Waals surface area contributed by atoms with E-state index in [4.69, 9.17) is 0 Å². The summed E-state index contributed by atoms with van der Waals surface area (Å²) < 4.78 is 0. The van der Waals surface area contributed by atoms with E-state index < -0.39 is 0 Å². The van der Waals surface area contributed by atoms with Gasteiger partial charge in [-0.3, -0.25) is 0 Å². The lowest BCUT2D eigenvalue weighted by molar-refractivity contribution is 0.161. The summed E-state index contributed by atoms with van der Waals surface area (Å²) in [6, 6.07) is 0. The van der Waals surface area contributed by atoms with E-state index in [-0.39, 0.29) is 0 Å². The standard InChI is InChI=1S/C16H32N2/c1-13(2)16(7-8-16)12-18-11-15(3,4)14-6-5-9-17-10-14/h13-14,17-18H,5-12H2,1-4H3. The zero-order chi connectivity index (χ0) is 13.2. The lowest BCUT2D eigenvalue weighted by atomic mass is 9.75. The third kappa shape index (κ3) is 3.27. The molecule has 2 aliphatic rings. The number of rotatable bonds is 6. The Hall–Kier alpha value is -0.0800. The molecule has 1 saturated carbocycles. The molecular weight excluding hydrogens is 220 g/mol. The van der Waals surface area contributed by atoms with Crippen molar-refractivity contribution in [2.24, 2.45) is 22.7 Å². The third-order valence-electron chi connectivity index (χ3n) is 5.58. The fourth-order valence-corrected chi connectivity index (χ4v) is 3.42. The first kappa shape index (κ1) is 14.3. The lowest BCUT2D eigenvalue weighted by Crippen LogP contribution is -2.44. The van der Waals surface area contributed by atoms with Crippen molar-refractivity contribution in [2.45, 2.75) is 53.4 Å². The molecule has 0 aromatic heterocycles. The first-order valence-corrected chi connectivity index (χ1v) is 7.88. The number of piperidine rings is 1. The number of hydrogen-bond acceptors (Lipinski definition) is 2. The summed E-state index contributed by atoms with van der Waals surface area (Å²) in [6.07, 6.45) is 5.62. The van der Waals surface area contributed by atoms with Gasteiger partial charge in [0, 0.05) is 13.1 Å². The Labute approximate surface area is 113 Å². The van der Waals surface area contributed by atoms with Gasteiger partial charge in [-0.2, -0.15) is 0 Å². The molecule has 2 fully saturated rings. The maximum atomic E-state index is 3.78. The average molecular weight is 252 g/mol. The van der Waals surface area contributed by atoms with E-state index in [1.165, 1.54) is 51.9 Å². The second-order valence-corrected chi connectivity index (χ2v) is 7.65. The van der Waals surface area contributed by atoms with Crippen LogP contribution < -0.4 is 10.6 Å². The number of nitrogens with one attached hydrogen (secondary N) is 2. The monoisotopic (exact) mass is 252 g/mol. The molecule has 0 spiro atoms. The van der Waals surface area contributed by atoms with Gasteiger partial charge in [-0.05, 0) is 61.4 Å². The zero-order valence-corrected chi connectivity index (χ0v) is 12.8. The average Bonchev–Trinajstić information content (AvgIpc) is 3.11. The third-order valence-corrected chi connectivity index (χ3v) is 5.58. The number of hydrogen-bond donors (Lipinski definition) is 2. The highest BCUT2D eigenvalue weighted by atomic mass is 14.9. The topological polar surface area (TPSA) is 24.1 Å². The van der Waals surface area contributed by atoms with Crippen LogP contribution in [0.1, 0.15) is 53.4 Å². The van der Waals surface area contributed by atoms with Crippen LogP contribution in [0.2, 0.25) is 0 Å². The van der Waals surface area contributed by atoms with Crippen molar-refractivity contribution in [3.05, 3.63) is 0 Å². The van der Waals surface area contributed by atoms with Crippen molar-refractivity contribution >= 4 is 0 Å². The molecule has 1 heterocycles. The molecule has 18 heavy (non-hydrogen) atoms. The van der Waals surface area contributed by atoms with Gasteiger partial charge in [-0.1, -0.05) is 27.7 Å². The van der Waals surface area contributed by atoms with Crippen LogP contribution in [0.5, 0.6) is 0 Å². The summed E-state index contributed by atoms with van der Waals surface area (Å²) in [7, 11) is 0.